The van der Waals surface area contributed by atoms with Crippen LogP contribution < -0.4 is 0 Å². The van der Waals surface area contributed by atoms with Crippen LogP contribution in [0.1, 0.15) is 11.1 Å². The summed E-state index contributed by atoms with van der Waals surface area (Å²) in [5, 5.41) is 23.9. The Morgan fingerprint density at radius 3 is 1.66 bits per heavy atom. The summed E-state index contributed by atoms with van der Waals surface area (Å²) in [6, 6.07) is 44.0. The number of fused-ring (bicyclic) bond motifs is 6. The second kappa shape index (κ2) is 9.71. The maximum absolute atomic E-state index is 10.1. The lowest BCUT2D eigenvalue weighted by atomic mass is 10.00. The van der Waals surface area contributed by atoms with Crippen molar-refractivity contribution in [2.24, 2.45) is 0 Å². The second-order valence-electron chi connectivity index (χ2n) is 10.6. The van der Waals surface area contributed by atoms with Crippen LogP contribution in [0.25, 0.3) is 71.2 Å². The largest absolute Gasteiger partial charge is 0.294 e. The molecule has 6 heteroatoms. The summed E-state index contributed by atoms with van der Waals surface area (Å²) < 4.78 is 4.27. The van der Waals surface area contributed by atoms with Gasteiger partial charge in [0.1, 0.15) is 11.6 Å². The first-order chi connectivity index (χ1) is 21.7. The van der Waals surface area contributed by atoms with Gasteiger partial charge in [-0.05, 0) is 65.7 Å². The Balaban J connectivity index is 1.53. The molecule has 0 aliphatic rings. The molecule has 0 saturated carbocycles. The van der Waals surface area contributed by atoms with Gasteiger partial charge >= 0.3 is 0 Å². The zero-order valence-electron chi connectivity index (χ0n) is 23.2. The molecule has 0 spiro atoms. The van der Waals surface area contributed by atoms with Crippen molar-refractivity contribution in [3.63, 3.8) is 0 Å². The Kier molecular flexibility index (Phi) is 5.53. The second-order valence-corrected chi connectivity index (χ2v) is 10.6. The summed E-state index contributed by atoms with van der Waals surface area (Å²) in [6.45, 7) is 7.64. The molecule has 0 saturated heterocycles. The summed E-state index contributed by atoms with van der Waals surface area (Å²) in [7, 11) is 0. The van der Waals surface area contributed by atoms with Crippen LogP contribution >= 0.6 is 0 Å². The number of para-hydroxylation sites is 3. The fourth-order valence-electron chi connectivity index (χ4n) is 6.28. The highest BCUT2D eigenvalue weighted by molar-refractivity contribution is 6.10. The van der Waals surface area contributed by atoms with Crippen molar-refractivity contribution < 1.29 is 0 Å². The van der Waals surface area contributed by atoms with Crippen molar-refractivity contribution in [3.8, 4) is 34.9 Å². The topological polar surface area (TPSA) is 74.7 Å². The van der Waals surface area contributed by atoms with Gasteiger partial charge in [0.15, 0.2) is 5.69 Å². The van der Waals surface area contributed by atoms with E-state index >= 15 is 0 Å². The SMILES string of the molecule is [C-]#[N+]c1ccc(C#N)c(-c2cc(-n3c4ccccc4c4ccccc43)nc(-n3c4ccccc4c4cc(C#N)ccc43)c2)c1. The Morgan fingerprint density at radius 2 is 1.11 bits per heavy atom. The maximum atomic E-state index is 10.1. The summed E-state index contributed by atoms with van der Waals surface area (Å²) in [6.07, 6.45) is 0. The number of nitriles is 2. The predicted molar refractivity (Wildman–Crippen MR) is 174 cm³/mol. The number of rotatable bonds is 3. The van der Waals surface area contributed by atoms with E-state index < -0.39 is 0 Å². The van der Waals surface area contributed by atoms with Gasteiger partial charge in [-0.25, -0.2) is 9.83 Å². The fraction of sp³-hybridized carbons (Fsp3) is 0. The summed E-state index contributed by atoms with van der Waals surface area (Å²) in [4.78, 5) is 8.95. The van der Waals surface area contributed by atoms with Gasteiger partial charge in [-0.15, -0.1) is 0 Å². The first kappa shape index (κ1) is 25.1. The third kappa shape index (κ3) is 3.68. The average molecular weight is 561 g/mol. The standard InChI is InChI=1S/C38H20N6/c1-41-27-16-15-25(23-40)31(21-27)26-19-37(43-33-11-5-2-8-28(33)29-9-3-6-12-34(29)43)42-38(20-26)44-35-13-7-4-10-30(35)32-18-24(22-39)14-17-36(32)44/h2-21H. The minimum atomic E-state index is 0.455. The van der Waals surface area contributed by atoms with E-state index in [0.29, 0.717) is 34.0 Å². The zero-order valence-corrected chi connectivity index (χ0v) is 23.2. The molecule has 5 aromatic carbocycles. The van der Waals surface area contributed by atoms with Gasteiger partial charge in [0.25, 0.3) is 0 Å². The normalized spacial score (nSPS) is 11.1. The molecule has 3 aromatic heterocycles. The minimum absolute atomic E-state index is 0.455. The van der Waals surface area contributed by atoms with Gasteiger partial charge in [-0.2, -0.15) is 10.5 Å². The molecule has 0 aliphatic carbocycles. The lowest BCUT2D eigenvalue weighted by molar-refractivity contribution is 1.01. The van der Waals surface area contributed by atoms with E-state index in [1.807, 2.05) is 66.7 Å². The van der Waals surface area contributed by atoms with Crippen LogP contribution in [0.4, 0.5) is 5.69 Å². The smallest absolute Gasteiger partial charge is 0.187 e. The van der Waals surface area contributed by atoms with E-state index in [0.717, 1.165) is 49.2 Å². The molecule has 202 valence electrons. The molecular formula is C38H20N6. The Bertz CT molecular complexity index is 2550. The van der Waals surface area contributed by atoms with Gasteiger partial charge in [0, 0.05) is 21.5 Å². The van der Waals surface area contributed by atoms with Crippen molar-refractivity contribution in [1.82, 2.24) is 14.1 Å². The van der Waals surface area contributed by atoms with Gasteiger partial charge in [-0.3, -0.25) is 9.13 Å². The lowest BCUT2D eigenvalue weighted by Gasteiger charge is -2.15. The minimum Gasteiger partial charge on any atom is -0.294 e. The van der Waals surface area contributed by atoms with Gasteiger partial charge in [0.05, 0.1) is 51.9 Å². The van der Waals surface area contributed by atoms with E-state index in [2.05, 4.69) is 62.5 Å². The van der Waals surface area contributed by atoms with Crippen molar-refractivity contribution in [1.29, 1.82) is 10.5 Å². The van der Waals surface area contributed by atoms with E-state index in [1.165, 1.54) is 0 Å². The number of benzene rings is 5. The lowest BCUT2D eigenvalue weighted by Crippen LogP contribution is -2.04. The number of hydrogen-bond donors (Lipinski definition) is 0. The molecule has 0 unspecified atom stereocenters. The predicted octanol–water partition coefficient (Wildman–Crippen LogP) is 9.24. The maximum Gasteiger partial charge on any atom is 0.187 e. The molecule has 3 heterocycles. The molecule has 0 amide bonds. The monoisotopic (exact) mass is 560 g/mol. The molecule has 0 fully saturated rings. The van der Waals surface area contributed by atoms with Gasteiger partial charge < -0.3 is 0 Å². The van der Waals surface area contributed by atoms with Crippen LogP contribution in [0.15, 0.2) is 121 Å². The molecular weight excluding hydrogens is 540 g/mol. The van der Waals surface area contributed by atoms with E-state index in [4.69, 9.17) is 11.6 Å². The molecule has 0 aliphatic heterocycles. The van der Waals surface area contributed by atoms with Crippen LogP contribution in [-0.2, 0) is 0 Å². The number of pyridine rings is 1. The Hall–Kier alpha value is -6.68. The molecule has 8 rings (SSSR count). The van der Waals surface area contributed by atoms with Crippen molar-refractivity contribution in [2.75, 3.05) is 0 Å². The van der Waals surface area contributed by atoms with Gasteiger partial charge in [0.2, 0.25) is 0 Å². The van der Waals surface area contributed by atoms with Crippen molar-refractivity contribution in [2.45, 2.75) is 0 Å². The highest BCUT2D eigenvalue weighted by Crippen LogP contribution is 2.37. The number of hydrogen-bond acceptors (Lipinski definition) is 3. The summed E-state index contributed by atoms with van der Waals surface area (Å²) in [5.74, 6) is 1.35. The zero-order chi connectivity index (χ0) is 29.8. The van der Waals surface area contributed by atoms with Gasteiger partial charge in [-0.1, -0.05) is 66.7 Å². The Morgan fingerprint density at radius 1 is 0.568 bits per heavy atom. The first-order valence-corrected chi connectivity index (χ1v) is 14.0. The highest BCUT2D eigenvalue weighted by atomic mass is 15.1. The quantitative estimate of drug-likeness (QED) is 0.202. The summed E-state index contributed by atoms with van der Waals surface area (Å²) >= 11 is 0. The molecule has 0 atom stereocenters. The number of nitrogens with zero attached hydrogens (tertiary/aromatic N) is 6. The summed E-state index contributed by atoms with van der Waals surface area (Å²) in [5.41, 5.74) is 6.85. The van der Waals surface area contributed by atoms with E-state index in [1.54, 1.807) is 18.2 Å². The van der Waals surface area contributed by atoms with Crippen LogP contribution in [0.3, 0.4) is 0 Å². The van der Waals surface area contributed by atoms with Crippen LogP contribution in [-0.4, -0.2) is 14.1 Å². The average Bonchev–Trinajstić information content (AvgIpc) is 3.60. The van der Waals surface area contributed by atoms with Crippen molar-refractivity contribution >= 4 is 49.3 Å². The third-order valence-corrected chi connectivity index (χ3v) is 8.20. The molecule has 44 heavy (non-hydrogen) atoms. The molecule has 6 nitrogen and oxygen atoms in total. The third-order valence-electron chi connectivity index (χ3n) is 8.20. The van der Waals surface area contributed by atoms with E-state index in [-0.39, 0.29) is 0 Å². The Labute approximate surface area is 252 Å². The number of aromatic nitrogens is 3. The molecule has 0 bridgehead atoms. The van der Waals surface area contributed by atoms with E-state index in [9.17, 15) is 10.5 Å². The van der Waals surface area contributed by atoms with Crippen LogP contribution in [0.5, 0.6) is 0 Å². The van der Waals surface area contributed by atoms with Crippen molar-refractivity contribution in [3.05, 3.63) is 144 Å². The molecule has 0 N–H and O–H groups in total. The molecule has 8 aromatic rings. The van der Waals surface area contributed by atoms with Crippen LogP contribution in [0, 0.1) is 29.2 Å². The first-order valence-electron chi connectivity index (χ1n) is 14.0. The van der Waals surface area contributed by atoms with Crippen LogP contribution in [0.2, 0.25) is 0 Å². The fourth-order valence-corrected chi connectivity index (χ4v) is 6.28. The molecule has 0 radical (unpaired) electrons. The highest BCUT2D eigenvalue weighted by Gasteiger charge is 2.19.